The molecule has 2 fully saturated rings. The van der Waals surface area contributed by atoms with Crippen molar-refractivity contribution in [3.8, 4) is 11.5 Å². The normalized spacial score (nSPS) is 18.9. The van der Waals surface area contributed by atoms with Crippen LogP contribution in [-0.4, -0.2) is 57.3 Å². The van der Waals surface area contributed by atoms with E-state index in [-0.39, 0.29) is 0 Å². The molecule has 0 radical (unpaired) electrons. The van der Waals surface area contributed by atoms with Crippen molar-refractivity contribution in [2.75, 3.05) is 40.3 Å². The summed E-state index contributed by atoms with van der Waals surface area (Å²) in [4.78, 5) is 6.86. The number of benzene rings is 1. The molecule has 1 aliphatic carbocycles. The number of hydrogen-bond donors (Lipinski definition) is 2. The fraction of sp³-hybridized carbons (Fsp3) is 0.682. The van der Waals surface area contributed by atoms with Crippen molar-refractivity contribution in [3.05, 3.63) is 23.8 Å². The first-order chi connectivity index (χ1) is 13.8. The highest BCUT2D eigenvalue weighted by atomic mass is 16.5. The number of methoxy groups -OCH3 is 1. The average molecular weight is 389 g/mol. The smallest absolute Gasteiger partial charge is 0.191 e. The number of piperidine rings is 1. The van der Waals surface area contributed by atoms with E-state index in [9.17, 15) is 0 Å². The van der Waals surface area contributed by atoms with E-state index in [4.69, 9.17) is 9.47 Å². The van der Waals surface area contributed by atoms with E-state index >= 15 is 0 Å². The first-order valence-electron chi connectivity index (χ1n) is 10.8. The summed E-state index contributed by atoms with van der Waals surface area (Å²) >= 11 is 0. The first kappa shape index (κ1) is 20.8. The van der Waals surface area contributed by atoms with Crippen LogP contribution in [0.1, 0.15) is 50.5 Å². The van der Waals surface area contributed by atoms with Crippen molar-refractivity contribution >= 4 is 5.96 Å². The van der Waals surface area contributed by atoms with Gasteiger partial charge in [-0.3, -0.25) is 4.99 Å². The maximum atomic E-state index is 6.12. The summed E-state index contributed by atoms with van der Waals surface area (Å²) in [6.07, 6.45) is 9.18. The summed E-state index contributed by atoms with van der Waals surface area (Å²) in [6, 6.07) is 6.18. The molecule has 0 unspecified atom stereocenters. The molecular formula is C22H36N4O2. The summed E-state index contributed by atoms with van der Waals surface area (Å²) in [7, 11) is 3.52. The van der Waals surface area contributed by atoms with Crippen LogP contribution in [-0.2, 0) is 6.54 Å². The molecule has 2 N–H and O–H groups in total. The summed E-state index contributed by atoms with van der Waals surface area (Å²) in [6.45, 7) is 5.13. The van der Waals surface area contributed by atoms with E-state index in [1.54, 1.807) is 7.11 Å². The quantitative estimate of drug-likeness (QED) is 0.529. The second kappa shape index (κ2) is 11.1. The molecule has 6 heteroatoms. The number of nitrogens with one attached hydrogen (secondary N) is 2. The first-order valence-corrected chi connectivity index (χ1v) is 10.8. The highest BCUT2D eigenvalue weighted by Gasteiger charge is 2.18. The Kier molecular flexibility index (Phi) is 8.27. The fourth-order valence-corrected chi connectivity index (χ4v) is 4.03. The van der Waals surface area contributed by atoms with Gasteiger partial charge in [0.2, 0.25) is 0 Å². The van der Waals surface area contributed by atoms with Crippen LogP contribution in [0.4, 0.5) is 0 Å². The lowest BCUT2D eigenvalue weighted by Crippen LogP contribution is -2.42. The molecule has 1 aliphatic heterocycles. The Morgan fingerprint density at radius 3 is 2.57 bits per heavy atom. The molecule has 28 heavy (non-hydrogen) atoms. The minimum atomic E-state index is 0.334. The number of aliphatic imine (C=N–C) groups is 1. The van der Waals surface area contributed by atoms with Gasteiger partial charge >= 0.3 is 0 Å². The van der Waals surface area contributed by atoms with Crippen molar-refractivity contribution in [2.45, 2.75) is 57.6 Å². The largest absolute Gasteiger partial charge is 0.493 e. The summed E-state index contributed by atoms with van der Waals surface area (Å²) in [5, 5.41) is 6.81. The third-order valence-corrected chi connectivity index (χ3v) is 5.68. The van der Waals surface area contributed by atoms with Crippen molar-refractivity contribution in [1.82, 2.24) is 15.5 Å². The Bertz CT molecular complexity index is 623. The standard InChI is InChI=1S/C22H36N4O2/c1-23-22(24-12-15-26-13-6-3-7-14-26)25-17-18-10-11-20(21(16-18)27-2)28-19-8-4-5-9-19/h10-11,16,19H,3-9,12-15,17H2,1-2H3,(H2,23,24,25). The minimum Gasteiger partial charge on any atom is -0.493 e. The topological polar surface area (TPSA) is 58.1 Å². The van der Waals surface area contributed by atoms with Crippen LogP contribution in [0.3, 0.4) is 0 Å². The van der Waals surface area contributed by atoms with Gasteiger partial charge in [0.1, 0.15) is 0 Å². The van der Waals surface area contributed by atoms with E-state index in [2.05, 4.69) is 32.7 Å². The van der Waals surface area contributed by atoms with Crippen LogP contribution < -0.4 is 20.1 Å². The van der Waals surface area contributed by atoms with Crippen LogP contribution in [0, 0.1) is 0 Å². The Hall–Kier alpha value is -1.95. The predicted octanol–water partition coefficient (Wildman–Crippen LogP) is 3.17. The van der Waals surface area contributed by atoms with Gasteiger partial charge in [-0.2, -0.15) is 0 Å². The number of likely N-dealkylation sites (tertiary alicyclic amines) is 1. The van der Waals surface area contributed by atoms with Crippen molar-refractivity contribution in [3.63, 3.8) is 0 Å². The Labute approximate surface area is 169 Å². The van der Waals surface area contributed by atoms with Crippen molar-refractivity contribution in [1.29, 1.82) is 0 Å². The van der Waals surface area contributed by atoms with Gasteiger partial charge in [0.05, 0.1) is 13.2 Å². The van der Waals surface area contributed by atoms with Crippen LogP contribution in [0.25, 0.3) is 0 Å². The lowest BCUT2D eigenvalue weighted by Gasteiger charge is -2.26. The number of ether oxygens (including phenoxy) is 2. The van der Waals surface area contributed by atoms with Gasteiger partial charge in [0, 0.05) is 26.7 Å². The second-order valence-corrected chi connectivity index (χ2v) is 7.76. The van der Waals surface area contributed by atoms with Crippen LogP contribution in [0.15, 0.2) is 23.2 Å². The highest BCUT2D eigenvalue weighted by molar-refractivity contribution is 5.79. The lowest BCUT2D eigenvalue weighted by atomic mass is 10.1. The Morgan fingerprint density at radius 1 is 1.07 bits per heavy atom. The van der Waals surface area contributed by atoms with Gasteiger partial charge in [-0.25, -0.2) is 0 Å². The molecule has 0 amide bonds. The molecule has 3 rings (SSSR count). The van der Waals surface area contributed by atoms with Crippen LogP contribution in [0.2, 0.25) is 0 Å². The molecule has 0 bridgehead atoms. The van der Waals surface area contributed by atoms with Crippen LogP contribution in [0.5, 0.6) is 11.5 Å². The molecule has 6 nitrogen and oxygen atoms in total. The van der Waals surface area contributed by atoms with E-state index in [0.717, 1.165) is 49.0 Å². The van der Waals surface area contributed by atoms with Crippen molar-refractivity contribution < 1.29 is 9.47 Å². The molecule has 0 atom stereocenters. The monoisotopic (exact) mass is 388 g/mol. The van der Waals surface area contributed by atoms with Gasteiger partial charge < -0.3 is 25.0 Å². The summed E-state index contributed by atoms with van der Waals surface area (Å²) < 4.78 is 11.7. The molecule has 156 valence electrons. The van der Waals surface area contributed by atoms with Gasteiger partial charge in [-0.1, -0.05) is 12.5 Å². The molecule has 1 saturated heterocycles. The minimum absolute atomic E-state index is 0.334. The zero-order valence-corrected chi connectivity index (χ0v) is 17.5. The molecule has 0 aromatic heterocycles. The summed E-state index contributed by atoms with van der Waals surface area (Å²) in [5.74, 6) is 2.49. The van der Waals surface area contributed by atoms with E-state index in [1.165, 1.54) is 45.2 Å². The van der Waals surface area contributed by atoms with E-state index < -0.39 is 0 Å². The van der Waals surface area contributed by atoms with Crippen LogP contribution >= 0.6 is 0 Å². The zero-order chi connectivity index (χ0) is 19.6. The van der Waals surface area contributed by atoms with E-state index in [0.29, 0.717) is 12.6 Å². The SMILES string of the molecule is CN=C(NCCN1CCCCC1)NCc1ccc(OC2CCCC2)c(OC)c1. The van der Waals surface area contributed by atoms with Crippen molar-refractivity contribution in [2.24, 2.45) is 4.99 Å². The third-order valence-electron chi connectivity index (χ3n) is 5.68. The van der Waals surface area contributed by atoms with E-state index in [1.807, 2.05) is 13.1 Å². The fourth-order valence-electron chi connectivity index (χ4n) is 4.03. The highest BCUT2D eigenvalue weighted by Crippen LogP contribution is 2.32. The second-order valence-electron chi connectivity index (χ2n) is 7.76. The molecule has 1 heterocycles. The molecule has 2 aliphatic rings. The third kappa shape index (κ3) is 6.30. The van der Waals surface area contributed by atoms with Gasteiger partial charge in [0.15, 0.2) is 17.5 Å². The molecule has 1 saturated carbocycles. The molecular weight excluding hydrogens is 352 g/mol. The van der Waals surface area contributed by atoms with Gasteiger partial charge in [0.25, 0.3) is 0 Å². The molecule has 1 aromatic rings. The maximum absolute atomic E-state index is 6.12. The summed E-state index contributed by atoms with van der Waals surface area (Å²) in [5.41, 5.74) is 1.15. The molecule has 0 spiro atoms. The molecule has 1 aromatic carbocycles. The zero-order valence-electron chi connectivity index (χ0n) is 17.5. The Morgan fingerprint density at radius 2 is 1.86 bits per heavy atom. The number of guanidine groups is 1. The van der Waals surface area contributed by atoms with Gasteiger partial charge in [-0.15, -0.1) is 0 Å². The Balaban J connectivity index is 1.45. The average Bonchev–Trinajstić information content (AvgIpc) is 3.25. The lowest BCUT2D eigenvalue weighted by molar-refractivity contribution is 0.200. The number of rotatable bonds is 8. The maximum Gasteiger partial charge on any atom is 0.191 e. The predicted molar refractivity (Wildman–Crippen MR) is 114 cm³/mol. The number of nitrogens with zero attached hydrogens (tertiary/aromatic N) is 2. The number of hydrogen-bond acceptors (Lipinski definition) is 4. The van der Waals surface area contributed by atoms with Gasteiger partial charge in [-0.05, 0) is 69.3 Å².